The zero-order chi connectivity index (χ0) is 8.39. The van der Waals surface area contributed by atoms with Gasteiger partial charge in [-0.25, -0.2) is 0 Å². The fraction of sp³-hybridized carbons (Fsp3) is 0.111. The van der Waals surface area contributed by atoms with Crippen molar-refractivity contribution in [3.63, 3.8) is 0 Å². The molecule has 0 aliphatic carbocycles. The van der Waals surface area contributed by atoms with Crippen LogP contribution in [-0.4, -0.2) is 9.97 Å². The summed E-state index contributed by atoms with van der Waals surface area (Å²) in [5, 5.41) is 0. The average Bonchev–Trinajstić information content (AvgIpc) is 2.58. The predicted octanol–water partition coefficient (Wildman–Crippen LogP) is 2.05. The lowest BCUT2D eigenvalue weighted by Crippen LogP contribution is -1.85. The highest BCUT2D eigenvalue weighted by Gasteiger charge is 1.99. The summed E-state index contributed by atoms with van der Waals surface area (Å²) in [6, 6.07) is 1.86. The molecule has 0 unspecified atom stereocenters. The minimum absolute atomic E-state index is 0.842. The van der Waals surface area contributed by atoms with Crippen molar-refractivity contribution < 1.29 is 4.42 Å². The predicted molar refractivity (Wildman–Crippen MR) is 44.5 cm³/mol. The average molecular weight is 160 g/mol. The van der Waals surface area contributed by atoms with Crippen molar-refractivity contribution in [3.05, 3.63) is 36.7 Å². The summed E-state index contributed by atoms with van der Waals surface area (Å²) in [6.07, 6.45) is 6.75. The molecule has 0 amide bonds. The molecule has 0 aliphatic heterocycles. The quantitative estimate of drug-likeness (QED) is 0.640. The largest absolute Gasteiger partial charge is 0.472 e. The third kappa shape index (κ3) is 1.21. The summed E-state index contributed by atoms with van der Waals surface area (Å²) in [7, 11) is 0. The third-order valence-electron chi connectivity index (χ3n) is 1.60. The molecule has 0 aliphatic rings. The van der Waals surface area contributed by atoms with Gasteiger partial charge >= 0.3 is 0 Å². The molecule has 0 radical (unpaired) electrons. The van der Waals surface area contributed by atoms with Gasteiger partial charge in [-0.05, 0) is 13.0 Å². The summed E-state index contributed by atoms with van der Waals surface area (Å²) in [5.41, 5.74) is 2.72. The molecule has 0 atom stereocenters. The molecular formula is C9H8N2O. The maximum atomic E-state index is 4.93. The van der Waals surface area contributed by atoms with Crippen LogP contribution in [0, 0.1) is 6.92 Å². The van der Waals surface area contributed by atoms with E-state index in [-0.39, 0.29) is 0 Å². The highest BCUT2D eigenvalue weighted by molar-refractivity contribution is 5.55. The van der Waals surface area contributed by atoms with E-state index in [4.69, 9.17) is 4.42 Å². The summed E-state index contributed by atoms with van der Waals surface area (Å²) < 4.78 is 4.93. The molecule has 0 spiro atoms. The molecule has 3 nitrogen and oxygen atoms in total. The Bertz CT molecular complexity index is 351. The molecule has 0 aromatic carbocycles. The lowest BCUT2D eigenvalue weighted by molar-refractivity contribution is 0.568. The van der Waals surface area contributed by atoms with Crippen LogP contribution >= 0.6 is 0 Å². The molecule has 2 aromatic heterocycles. The first kappa shape index (κ1) is 7.03. The van der Waals surface area contributed by atoms with Crippen molar-refractivity contribution in [1.82, 2.24) is 9.97 Å². The van der Waals surface area contributed by atoms with Crippen LogP contribution in [0.1, 0.15) is 5.69 Å². The summed E-state index contributed by atoms with van der Waals surface area (Å²) in [6.45, 7) is 1.91. The van der Waals surface area contributed by atoms with Gasteiger partial charge in [-0.1, -0.05) is 0 Å². The highest BCUT2D eigenvalue weighted by Crippen LogP contribution is 2.15. The molecule has 2 heterocycles. The van der Waals surface area contributed by atoms with E-state index in [9.17, 15) is 0 Å². The maximum absolute atomic E-state index is 4.93. The van der Waals surface area contributed by atoms with E-state index in [0.29, 0.717) is 0 Å². The van der Waals surface area contributed by atoms with Crippen molar-refractivity contribution in [1.29, 1.82) is 0 Å². The lowest BCUT2D eigenvalue weighted by atomic mass is 10.2. The van der Waals surface area contributed by atoms with Gasteiger partial charge in [0.1, 0.15) is 0 Å². The number of rotatable bonds is 1. The zero-order valence-electron chi connectivity index (χ0n) is 6.69. The number of hydrogen-bond donors (Lipinski definition) is 0. The molecule has 0 bridgehead atoms. The van der Waals surface area contributed by atoms with E-state index in [1.807, 2.05) is 13.0 Å². The van der Waals surface area contributed by atoms with Crippen LogP contribution in [0.5, 0.6) is 0 Å². The summed E-state index contributed by atoms with van der Waals surface area (Å²) in [4.78, 5) is 8.33. The Morgan fingerprint density at radius 1 is 1.25 bits per heavy atom. The van der Waals surface area contributed by atoms with Crippen molar-refractivity contribution >= 4 is 0 Å². The van der Waals surface area contributed by atoms with Crippen LogP contribution in [0.15, 0.2) is 35.4 Å². The monoisotopic (exact) mass is 160 g/mol. The van der Waals surface area contributed by atoms with Gasteiger partial charge in [-0.2, -0.15) is 0 Å². The van der Waals surface area contributed by atoms with Gasteiger partial charge in [0.15, 0.2) is 0 Å². The maximum Gasteiger partial charge on any atom is 0.0997 e. The first-order valence-corrected chi connectivity index (χ1v) is 3.67. The Morgan fingerprint density at radius 3 is 2.75 bits per heavy atom. The van der Waals surface area contributed by atoms with Crippen LogP contribution in [0.4, 0.5) is 0 Å². The van der Waals surface area contributed by atoms with Crippen LogP contribution in [0.2, 0.25) is 0 Å². The minimum atomic E-state index is 0.842. The SMILES string of the molecule is Cc1cnc(-c2ccoc2)cn1. The van der Waals surface area contributed by atoms with Crippen LogP contribution < -0.4 is 0 Å². The molecule has 0 saturated heterocycles. The van der Waals surface area contributed by atoms with Gasteiger partial charge in [0.25, 0.3) is 0 Å². The fourth-order valence-corrected chi connectivity index (χ4v) is 0.952. The number of aryl methyl sites for hydroxylation is 1. The normalized spacial score (nSPS) is 10.1. The van der Waals surface area contributed by atoms with Crippen LogP contribution in [0.25, 0.3) is 11.3 Å². The van der Waals surface area contributed by atoms with Crippen molar-refractivity contribution in [2.24, 2.45) is 0 Å². The van der Waals surface area contributed by atoms with E-state index >= 15 is 0 Å². The summed E-state index contributed by atoms with van der Waals surface area (Å²) >= 11 is 0. The Morgan fingerprint density at radius 2 is 2.17 bits per heavy atom. The van der Waals surface area contributed by atoms with Gasteiger partial charge in [0, 0.05) is 11.8 Å². The number of hydrogen-bond acceptors (Lipinski definition) is 3. The first-order valence-electron chi connectivity index (χ1n) is 3.67. The molecule has 3 heteroatoms. The fourth-order valence-electron chi connectivity index (χ4n) is 0.952. The van der Waals surface area contributed by atoms with Crippen molar-refractivity contribution in [2.45, 2.75) is 6.92 Å². The molecule has 2 rings (SSSR count). The van der Waals surface area contributed by atoms with Gasteiger partial charge < -0.3 is 4.42 Å². The highest BCUT2D eigenvalue weighted by atomic mass is 16.3. The smallest absolute Gasteiger partial charge is 0.0997 e. The molecule has 0 N–H and O–H groups in total. The molecule has 12 heavy (non-hydrogen) atoms. The van der Waals surface area contributed by atoms with Crippen LogP contribution in [0.3, 0.4) is 0 Å². The number of aromatic nitrogens is 2. The lowest BCUT2D eigenvalue weighted by Gasteiger charge is -1.94. The number of nitrogens with zero attached hydrogens (tertiary/aromatic N) is 2. The van der Waals surface area contributed by atoms with Gasteiger partial charge in [-0.3, -0.25) is 9.97 Å². The van der Waals surface area contributed by atoms with Crippen molar-refractivity contribution in [2.75, 3.05) is 0 Å². The Balaban J connectivity index is 2.43. The van der Waals surface area contributed by atoms with Gasteiger partial charge in [-0.15, -0.1) is 0 Å². The Kier molecular flexibility index (Phi) is 1.63. The molecular weight excluding hydrogens is 152 g/mol. The second-order valence-electron chi connectivity index (χ2n) is 2.56. The molecule has 0 fully saturated rings. The second kappa shape index (κ2) is 2.77. The third-order valence-corrected chi connectivity index (χ3v) is 1.60. The van der Waals surface area contributed by atoms with E-state index < -0.39 is 0 Å². The van der Waals surface area contributed by atoms with Crippen molar-refractivity contribution in [3.8, 4) is 11.3 Å². The van der Waals surface area contributed by atoms with E-state index in [2.05, 4.69) is 9.97 Å². The van der Waals surface area contributed by atoms with E-state index in [1.165, 1.54) is 0 Å². The standard InChI is InChI=1S/C9H8N2O/c1-7-4-11-9(5-10-7)8-2-3-12-6-8/h2-6H,1H3. The zero-order valence-corrected chi connectivity index (χ0v) is 6.69. The van der Waals surface area contributed by atoms with Gasteiger partial charge in [0.05, 0.1) is 30.1 Å². The Hall–Kier alpha value is -1.64. The molecule has 0 saturated carbocycles. The summed E-state index contributed by atoms with van der Waals surface area (Å²) in [5.74, 6) is 0. The Labute approximate surface area is 70.1 Å². The van der Waals surface area contributed by atoms with Gasteiger partial charge in [0.2, 0.25) is 0 Å². The minimum Gasteiger partial charge on any atom is -0.472 e. The topological polar surface area (TPSA) is 38.9 Å². The number of furan rings is 1. The molecule has 2 aromatic rings. The van der Waals surface area contributed by atoms with E-state index in [0.717, 1.165) is 17.0 Å². The molecule has 60 valence electrons. The van der Waals surface area contributed by atoms with E-state index in [1.54, 1.807) is 24.9 Å². The second-order valence-corrected chi connectivity index (χ2v) is 2.56. The first-order chi connectivity index (χ1) is 5.86. The van der Waals surface area contributed by atoms with Crippen LogP contribution in [-0.2, 0) is 0 Å².